The van der Waals surface area contributed by atoms with Crippen molar-refractivity contribution >= 4 is 11.8 Å². The molecule has 1 atom stereocenters. The third kappa shape index (κ3) is 5.55. The molecule has 4 heteroatoms. The first kappa shape index (κ1) is 16.6. The Kier molecular flexibility index (Phi) is 7.15. The molecular formula is C16H31NO2S. The van der Waals surface area contributed by atoms with Gasteiger partial charge in [0, 0.05) is 19.3 Å². The summed E-state index contributed by atoms with van der Waals surface area (Å²) in [6.07, 6.45) is 7.63. The van der Waals surface area contributed by atoms with Crippen molar-refractivity contribution in [2.24, 2.45) is 0 Å². The smallest absolute Gasteiger partial charge is 0.0713 e. The van der Waals surface area contributed by atoms with E-state index >= 15 is 0 Å². The third-order valence-corrected chi connectivity index (χ3v) is 5.34. The van der Waals surface area contributed by atoms with Crippen LogP contribution in [-0.4, -0.2) is 49.0 Å². The van der Waals surface area contributed by atoms with Gasteiger partial charge in [-0.2, -0.15) is 11.8 Å². The van der Waals surface area contributed by atoms with Crippen LogP contribution < -0.4 is 5.32 Å². The van der Waals surface area contributed by atoms with Gasteiger partial charge in [0.25, 0.3) is 0 Å². The maximum Gasteiger partial charge on any atom is 0.0713 e. The van der Waals surface area contributed by atoms with E-state index < -0.39 is 0 Å². The maximum absolute atomic E-state index is 6.13. The molecule has 20 heavy (non-hydrogen) atoms. The van der Waals surface area contributed by atoms with Gasteiger partial charge in [0.05, 0.1) is 11.7 Å². The van der Waals surface area contributed by atoms with Crippen LogP contribution in [-0.2, 0) is 9.47 Å². The lowest BCUT2D eigenvalue weighted by atomic mass is 9.85. The third-order valence-electron chi connectivity index (χ3n) is 4.35. The van der Waals surface area contributed by atoms with Gasteiger partial charge in [-0.25, -0.2) is 0 Å². The van der Waals surface area contributed by atoms with E-state index in [2.05, 4.69) is 30.9 Å². The van der Waals surface area contributed by atoms with Crippen molar-refractivity contribution < 1.29 is 9.47 Å². The van der Waals surface area contributed by atoms with Gasteiger partial charge in [-0.05, 0) is 70.4 Å². The first-order valence-electron chi connectivity index (χ1n) is 8.27. The Hall–Kier alpha value is 0.230. The molecule has 2 saturated heterocycles. The summed E-state index contributed by atoms with van der Waals surface area (Å²) < 4.78 is 11.7. The highest BCUT2D eigenvalue weighted by Gasteiger charge is 2.38. The van der Waals surface area contributed by atoms with Crippen molar-refractivity contribution in [2.45, 2.75) is 70.1 Å². The number of rotatable bonds is 7. The highest BCUT2D eigenvalue weighted by Crippen LogP contribution is 2.37. The van der Waals surface area contributed by atoms with Gasteiger partial charge >= 0.3 is 0 Å². The first-order valence-corrected chi connectivity index (χ1v) is 9.42. The van der Waals surface area contributed by atoms with Gasteiger partial charge in [-0.15, -0.1) is 0 Å². The lowest BCUT2D eigenvalue weighted by Gasteiger charge is -2.43. The summed E-state index contributed by atoms with van der Waals surface area (Å²) >= 11 is 2.08. The van der Waals surface area contributed by atoms with Crippen LogP contribution in [0.4, 0.5) is 0 Å². The van der Waals surface area contributed by atoms with Crippen molar-refractivity contribution in [3.8, 4) is 0 Å². The van der Waals surface area contributed by atoms with Crippen LogP contribution in [0.2, 0.25) is 0 Å². The molecule has 0 bridgehead atoms. The molecule has 2 aliphatic rings. The molecule has 0 radical (unpaired) electrons. The molecule has 0 aromatic heterocycles. The number of ether oxygens (including phenoxy) is 2. The summed E-state index contributed by atoms with van der Waals surface area (Å²) in [6.45, 7) is 7.16. The summed E-state index contributed by atoms with van der Waals surface area (Å²) in [7, 11) is 0. The van der Waals surface area contributed by atoms with Crippen molar-refractivity contribution in [1.82, 2.24) is 5.32 Å². The molecule has 0 aliphatic carbocycles. The Bertz CT molecular complexity index is 262. The van der Waals surface area contributed by atoms with E-state index in [1.165, 1.54) is 43.6 Å². The van der Waals surface area contributed by atoms with Crippen LogP contribution in [0.5, 0.6) is 0 Å². The van der Waals surface area contributed by atoms with Gasteiger partial charge in [0.2, 0.25) is 0 Å². The zero-order chi connectivity index (χ0) is 14.3. The minimum absolute atomic E-state index is 0.210. The molecule has 0 saturated carbocycles. The zero-order valence-corrected chi connectivity index (χ0v) is 14.0. The summed E-state index contributed by atoms with van der Waals surface area (Å²) in [4.78, 5) is 0. The Balaban J connectivity index is 1.58. The van der Waals surface area contributed by atoms with E-state index in [0.717, 1.165) is 26.2 Å². The second kappa shape index (κ2) is 8.62. The van der Waals surface area contributed by atoms with E-state index in [9.17, 15) is 0 Å². The van der Waals surface area contributed by atoms with Crippen molar-refractivity contribution in [3.05, 3.63) is 0 Å². The second-order valence-electron chi connectivity index (χ2n) is 6.41. The van der Waals surface area contributed by atoms with Crippen LogP contribution in [0, 0.1) is 0 Å². The molecule has 1 unspecified atom stereocenters. The van der Waals surface area contributed by atoms with Gasteiger partial charge in [-0.1, -0.05) is 0 Å². The fourth-order valence-electron chi connectivity index (χ4n) is 3.15. The van der Waals surface area contributed by atoms with E-state index in [1.54, 1.807) is 0 Å². The van der Waals surface area contributed by atoms with Gasteiger partial charge < -0.3 is 14.8 Å². The molecule has 2 fully saturated rings. The first-order chi connectivity index (χ1) is 9.70. The van der Waals surface area contributed by atoms with Crippen LogP contribution in [0.3, 0.4) is 0 Å². The minimum atomic E-state index is 0.210. The minimum Gasteiger partial charge on any atom is -0.379 e. The monoisotopic (exact) mass is 301 g/mol. The quantitative estimate of drug-likeness (QED) is 0.731. The molecule has 0 aromatic rings. The molecular weight excluding hydrogens is 270 g/mol. The molecule has 2 heterocycles. The number of thioether (sulfide) groups is 1. The molecule has 1 N–H and O–H groups in total. The largest absolute Gasteiger partial charge is 0.379 e. The number of unbranched alkanes of at least 4 members (excludes halogenated alkanes) is 1. The Morgan fingerprint density at radius 3 is 2.85 bits per heavy atom. The average Bonchev–Trinajstić information content (AvgIpc) is 2.43. The topological polar surface area (TPSA) is 30.5 Å². The zero-order valence-electron chi connectivity index (χ0n) is 13.2. The van der Waals surface area contributed by atoms with Crippen LogP contribution in [0.1, 0.15) is 52.4 Å². The standard InChI is InChI=1S/C16H31NO2S/c1-14(2)18-9-4-3-8-17-15-5-10-19-16(13-15)6-11-20-12-7-16/h14-15,17H,3-13H2,1-2H3. The molecule has 2 aliphatic heterocycles. The highest BCUT2D eigenvalue weighted by molar-refractivity contribution is 7.99. The van der Waals surface area contributed by atoms with Crippen LogP contribution in [0.25, 0.3) is 0 Å². The van der Waals surface area contributed by atoms with Crippen LogP contribution >= 0.6 is 11.8 Å². The van der Waals surface area contributed by atoms with Gasteiger partial charge in [-0.3, -0.25) is 0 Å². The summed E-state index contributed by atoms with van der Waals surface area (Å²) in [5.41, 5.74) is 0.210. The molecule has 2 rings (SSSR count). The number of hydrogen-bond donors (Lipinski definition) is 1. The van der Waals surface area contributed by atoms with Gasteiger partial charge in [0.1, 0.15) is 0 Å². The van der Waals surface area contributed by atoms with Gasteiger partial charge in [0.15, 0.2) is 0 Å². The molecule has 0 amide bonds. The molecule has 118 valence electrons. The normalized spacial score (nSPS) is 26.2. The summed E-state index contributed by atoms with van der Waals surface area (Å²) in [6, 6.07) is 0.665. The number of hydrogen-bond acceptors (Lipinski definition) is 4. The fraction of sp³-hybridized carbons (Fsp3) is 1.00. The fourth-order valence-corrected chi connectivity index (χ4v) is 4.38. The van der Waals surface area contributed by atoms with E-state index in [4.69, 9.17) is 9.47 Å². The predicted molar refractivity (Wildman–Crippen MR) is 86.6 cm³/mol. The summed E-state index contributed by atoms with van der Waals surface area (Å²) in [5, 5.41) is 3.74. The van der Waals surface area contributed by atoms with Crippen molar-refractivity contribution in [3.63, 3.8) is 0 Å². The molecule has 3 nitrogen and oxygen atoms in total. The van der Waals surface area contributed by atoms with E-state index in [0.29, 0.717) is 12.1 Å². The average molecular weight is 301 g/mol. The highest BCUT2D eigenvalue weighted by atomic mass is 32.2. The van der Waals surface area contributed by atoms with Crippen LogP contribution in [0.15, 0.2) is 0 Å². The van der Waals surface area contributed by atoms with Crippen molar-refractivity contribution in [2.75, 3.05) is 31.3 Å². The maximum atomic E-state index is 6.13. The lowest BCUT2D eigenvalue weighted by Crippen LogP contribution is -2.49. The summed E-state index contributed by atoms with van der Waals surface area (Å²) in [5.74, 6) is 2.55. The SMILES string of the molecule is CC(C)OCCCCNC1CCOC2(CCSCC2)C1. The van der Waals surface area contributed by atoms with E-state index in [-0.39, 0.29) is 5.60 Å². The van der Waals surface area contributed by atoms with E-state index in [1.807, 2.05) is 0 Å². The van der Waals surface area contributed by atoms with Crippen molar-refractivity contribution in [1.29, 1.82) is 0 Å². The molecule has 1 spiro atoms. The lowest BCUT2D eigenvalue weighted by molar-refractivity contribution is -0.0931. The second-order valence-corrected chi connectivity index (χ2v) is 7.64. The number of nitrogens with one attached hydrogen (secondary N) is 1. The Morgan fingerprint density at radius 2 is 2.10 bits per heavy atom. The molecule has 0 aromatic carbocycles. The Labute approximate surface area is 128 Å². The predicted octanol–water partition coefficient (Wildman–Crippen LogP) is 3.23. The Morgan fingerprint density at radius 1 is 1.30 bits per heavy atom.